The predicted molar refractivity (Wildman–Crippen MR) is 89.9 cm³/mol. The molecule has 5 heteroatoms. The molecule has 4 nitrogen and oxygen atoms in total. The number of ether oxygens (including phenoxy) is 1. The van der Waals surface area contributed by atoms with Crippen molar-refractivity contribution in [1.82, 2.24) is 0 Å². The minimum atomic E-state index is -0.566. The molecule has 3 rings (SSSR count). The van der Waals surface area contributed by atoms with Gasteiger partial charge < -0.3 is 14.7 Å². The number of aliphatic hydroxyl groups is 1. The Labute approximate surface area is 140 Å². The highest BCUT2D eigenvalue weighted by Crippen LogP contribution is 2.31. The van der Waals surface area contributed by atoms with E-state index in [-0.39, 0.29) is 23.6 Å². The summed E-state index contributed by atoms with van der Waals surface area (Å²) in [7, 11) is 1.59. The Morgan fingerprint density at radius 1 is 1.25 bits per heavy atom. The van der Waals surface area contributed by atoms with Crippen LogP contribution in [0.25, 0.3) is 0 Å². The van der Waals surface area contributed by atoms with Crippen LogP contribution in [0.4, 0.5) is 10.1 Å². The SMILES string of the molecule is COc1ccc2c(c1)N(C(=O)c1ccc(CO)c(F)c1)CCCC2. The lowest BCUT2D eigenvalue weighted by Gasteiger charge is -2.23. The number of fused-ring (bicyclic) bond motifs is 1. The topological polar surface area (TPSA) is 49.8 Å². The quantitative estimate of drug-likeness (QED) is 0.940. The summed E-state index contributed by atoms with van der Waals surface area (Å²) in [6, 6.07) is 9.93. The van der Waals surface area contributed by atoms with Crippen LogP contribution in [0.3, 0.4) is 0 Å². The fourth-order valence-corrected chi connectivity index (χ4v) is 3.01. The molecule has 0 spiro atoms. The monoisotopic (exact) mass is 329 g/mol. The van der Waals surface area contributed by atoms with Crippen molar-refractivity contribution in [3.05, 3.63) is 58.9 Å². The average molecular weight is 329 g/mol. The lowest BCUT2D eigenvalue weighted by atomic mass is 10.1. The highest BCUT2D eigenvalue weighted by atomic mass is 19.1. The Kier molecular flexibility index (Phi) is 4.81. The molecule has 0 unspecified atom stereocenters. The molecule has 0 radical (unpaired) electrons. The van der Waals surface area contributed by atoms with Gasteiger partial charge in [0.15, 0.2) is 0 Å². The first kappa shape index (κ1) is 16.5. The zero-order valence-electron chi connectivity index (χ0n) is 13.6. The Hall–Kier alpha value is -2.40. The first-order valence-electron chi connectivity index (χ1n) is 8.02. The van der Waals surface area contributed by atoms with Gasteiger partial charge in [-0.2, -0.15) is 0 Å². The third-order valence-corrected chi connectivity index (χ3v) is 4.38. The normalized spacial score (nSPS) is 14.0. The molecule has 0 bridgehead atoms. The predicted octanol–water partition coefficient (Wildman–Crippen LogP) is 3.31. The number of rotatable bonds is 3. The van der Waals surface area contributed by atoms with Gasteiger partial charge in [-0.1, -0.05) is 12.1 Å². The van der Waals surface area contributed by atoms with Crippen LogP contribution in [0.15, 0.2) is 36.4 Å². The highest BCUT2D eigenvalue weighted by molar-refractivity contribution is 6.06. The molecule has 1 aliphatic heterocycles. The van der Waals surface area contributed by atoms with E-state index in [4.69, 9.17) is 9.84 Å². The van der Waals surface area contributed by atoms with Crippen LogP contribution in [0.2, 0.25) is 0 Å². The molecule has 0 aromatic heterocycles. The van der Waals surface area contributed by atoms with Crippen molar-refractivity contribution in [3.8, 4) is 5.75 Å². The van der Waals surface area contributed by atoms with Crippen molar-refractivity contribution >= 4 is 11.6 Å². The zero-order chi connectivity index (χ0) is 17.1. The zero-order valence-corrected chi connectivity index (χ0v) is 13.6. The largest absolute Gasteiger partial charge is 0.497 e. The van der Waals surface area contributed by atoms with Gasteiger partial charge >= 0.3 is 0 Å². The number of amides is 1. The molecule has 1 aliphatic rings. The first-order chi connectivity index (χ1) is 11.6. The summed E-state index contributed by atoms with van der Waals surface area (Å²) in [5.41, 5.74) is 2.38. The average Bonchev–Trinajstić information content (AvgIpc) is 2.82. The van der Waals surface area contributed by atoms with Gasteiger partial charge in [-0.15, -0.1) is 0 Å². The van der Waals surface area contributed by atoms with Gasteiger partial charge in [-0.3, -0.25) is 4.79 Å². The van der Waals surface area contributed by atoms with Gasteiger partial charge in [-0.25, -0.2) is 4.39 Å². The van der Waals surface area contributed by atoms with Gasteiger partial charge in [0.1, 0.15) is 11.6 Å². The Morgan fingerprint density at radius 3 is 2.79 bits per heavy atom. The van der Waals surface area contributed by atoms with Crippen molar-refractivity contribution in [1.29, 1.82) is 0 Å². The lowest BCUT2D eigenvalue weighted by molar-refractivity contribution is 0.0986. The van der Waals surface area contributed by atoms with Crippen LogP contribution in [-0.4, -0.2) is 24.7 Å². The van der Waals surface area contributed by atoms with E-state index in [1.54, 1.807) is 18.1 Å². The number of halogens is 1. The molecule has 1 amide bonds. The van der Waals surface area contributed by atoms with Crippen LogP contribution < -0.4 is 9.64 Å². The number of hydrogen-bond donors (Lipinski definition) is 1. The molecule has 0 aliphatic carbocycles. The fraction of sp³-hybridized carbons (Fsp3) is 0.316. The molecule has 0 fully saturated rings. The van der Waals surface area contributed by atoms with Crippen LogP contribution in [0.1, 0.15) is 34.3 Å². The third-order valence-electron chi connectivity index (χ3n) is 4.38. The third kappa shape index (κ3) is 3.12. The number of nitrogens with zero attached hydrogens (tertiary/aromatic N) is 1. The van der Waals surface area contributed by atoms with E-state index >= 15 is 0 Å². The smallest absolute Gasteiger partial charge is 0.258 e. The van der Waals surface area contributed by atoms with E-state index < -0.39 is 5.82 Å². The molecule has 126 valence electrons. The Balaban J connectivity index is 1.99. The second kappa shape index (κ2) is 7.01. The number of benzene rings is 2. The van der Waals surface area contributed by atoms with Crippen LogP contribution in [0, 0.1) is 5.82 Å². The molecule has 2 aromatic carbocycles. The summed E-state index contributed by atoms with van der Waals surface area (Å²) >= 11 is 0. The van der Waals surface area contributed by atoms with Gasteiger partial charge in [0.2, 0.25) is 0 Å². The Morgan fingerprint density at radius 2 is 2.08 bits per heavy atom. The van der Waals surface area contributed by atoms with Gasteiger partial charge in [0.05, 0.1) is 19.4 Å². The van der Waals surface area contributed by atoms with E-state index in [1.807, 2.05) is 18.2 Å². The van der Waals surface area contributed by atoms with E-state index in [2.05, 4.69) is 0 Å². The van der Waals surface area contributed by atoms with Crippen LogP contribution in [0.5, 0.6) is 5.75 Å². The molecule has 0 saturated heterocycles. The number of aryl methyl sites for hydroxylation is 1. The number of carbonyl (C=O) groups is 1. The summed E-state index contributed by atoms with van der Waals surface area (Å²) in [6.07, 6.45) is 2.79. The summed E-state index contributed by atoms with van der Waals surface area (Å²) in [6.45, 7) is 0.201. The molecule has 0 saturated carbocycles. The fourth-order valence-electron chi connectivity index (χ4n) is 3.01. The number of carbonyl (C=O) groups excluding carboxylic acids is 1. The molecule has 24 heavy (non-hydrogen) atoms. The summed E-state index contributed by atoms with van der Waals surface area (Å²) in [4.78, 5) is 14.6. The molecular weight excluding hydrogens is 309 g/mol. The van der Waals surface area contributed by atoms with Crippen LogP contribution >= 0.6 is 0 Å². The Bertz CT molecular complexity index is 760. The molecule has 1 N–H and O–H groups in total. The van der Waals surface area contributed by atoms with E-state index in [0.29, 0.717) is 12.3 Å². The molecule has 0 atom stereocenters. The number of aliphatic hydroxyl groups excluding tert-OH is 1. The standard InChI is InChI=1S/C19H20FNO3/c1-24-16-8-7-13-4-2-3-9-21(18(13)11-16)19(23)14-5-6-15(12-22)17(20)10-14/h5-8,10-11,22H,2-4,9,12H2,1H3. The maximum atomic E-state index is 13.9. The maximum Gasteiger partial charge on any atom is 0.258 e. The summed E-state index contributed by atoms with van der Waals surface area (Å²) in [5, 5.41) is 9.07. The molecule has 2 aromatic rings. The van der Waals surface area contributed by atoms with Crippen molar-refractivity contribution < 1.29 is 19.0 Å². The summed E-state index contributed by atoms with van der Waals surface area (Å²) in [5.74, 6) is -0.117. The second-order valence-corrected chi connectivity index (χ2v) is 5.87. The van der Waals surface area contributed by atoms with E-state index in [0.717, 1.165) is 30.5 Å². The van der Waals surface area contributed by atoms with Crippen molar-refractivity contribution in [2.45, 2.75) is 25.9 Å². The first-order valence-corrected chi connectivity index (χ1v) is 8.02. The maximum absolute atomic E-state index is 13.9. The number of methoxy groups -OCH3 is 1. The minimum absolute atomic E-state index is 0.185. The molecule has 1 heterocycles. The second-order valence-electron chi connectivity index (χ2n) is 5.87. The summed E-state index contributed by atoms with van der Waals surface area (Å²) < 4.78 is 19.2. The van der Waals surface area contributed by atoms with Gasteiger partial charge in [0, 0.05) is 23.7 Å². The highest BCUT2D eigenvalue weighted by Gasteiger charge is 2.23. The molecular formula is C19H20FNO3. The number of hydrogen-bond acceptors (Lipinski definition) is 3. The van der Waals surface area contributed by atoms with Crippen molar-refractivity contribution in [3.63, 3.8) is 0 Å². The minimum Gasteiger partial charge on any atom is -0.497 e. The lowest BCUT2D eigenvalue weighted by Crippen LogP contribution is -2.31. The van der Waals surface area contributed by atoms with Crippen molar-refractivity contribution in [2.24, 2.45) is 0 Å². The van der Waals surface area contributed by atoms with Crippen LogP contribution in [-0.2, 0) is 13.0 Å². The van der Waals surface area contributed by atoms with E-state index in [1.165, 1.54) is 12.1 Å². The van der Waals surface area contributed by atoms with E-state index in [9.17, 15) is 9.18 Å². The van der Waals surface area contributed by atoms with Crippen molar-refractivity contribution in [2.75, 3.05) is 18.6 Å². The van der Waals surface area contributed by atoms with Gasteiger partial charge in [-0.05, 0) is 43.0 Å². The number of anilines is 1. The van der Waals surface area contributed by atoms with Gasteiger partial charge in [0.25, 0.3) is 5.91 Å².